The van der Waals surface area contributed by atoms with Crippen molar-refractivity contribution in [2.75, 3.05) is 54.1 Å². The molecule has 1 rings (SSSR count). The third-order valence-electron chi connectivity index (χ3n) is 11.4. The van der Waals surface area contributed by atoms with Crippen molar-refractivity contribution >= 4 is 19.8 Å². The van der Waals surface area contributed by atoms with Crippen LogP contribution in [-0.2, 0) is 37.4 Å². The molecule has 0 spiro atoms. The number of nitrogens with zero attached hydrogens (tertiary/aromatic N) is 2. The van der Waals surface area contributed by atoms with Crippen LogP contribution in [0.15, 0.2) is 0 Å². The lowest BCUT2D eigenvalue weighted by molar-refractivity contribution is -0.870. The molecule has 1 heterocycles. The standard InChI is InChI=1S/C46H91N2O10P/c1-8-10-12-14-15-16-17-18-19-20-23-26-29-33-43(49)54-39-42(40-57-59(52,53)56-38-37-48(5,6)7)58-44(50)34-30-27-24-21-22-25-28-32-36-46(35-31-13-11-9-2)47(51)45(3,4)41-55-46/h42,51H,8-41H2,1-7H3/p+1/t42-,46?/m1/s1. The van der Waals surface area contributed by atoms with Crippen LogP contribution in [0.25, 0.3) is 0 Å². The predicted molar refractivity (Wildman–Crippen MR) is 237 cm³/mol. The van der Waals surface area contributed by atoms with E-state index in [1.165, 1.54) is 82.1 Å². The Balaban J connectivity index is 2.38. The molecular formula is C46H92N2O10P+. The molecule has 0 aromatic carbocycles. The fraction of sp³-hybridized carbons (Fsp3) is 0.957. The van der Waals surface area contributed by atoms with E-state index in [4.69, 9.17) is 23.3 Å². The minimum atomic E-state index is -4.40. The molecule has 0 aliphatic carbocycles. The zero-order valence-corrected chi connectivity index (χ0v) is 40.0. The number of hydrogen-bond donors (Lipinski definition) is 2. The highest BCUT2D eigenvalue weighted by Gasteiger charge is 2.50. The Morgan fingerprint density at radius 1 is 0.661 bits per heavy atom. The number of phosphoric ester groups is 1. The van der Waals surface area contributed by atoms with Gasteiger partial charge in [0.2, 0.25) is 0 Å². The van der Waals surface area contributed by atoms with Crippen molar-refractivity contribution in [2.45, 2.75) is 231 Å². The van der Waals surface area contributed by atoms with Crippen molar-refractivity contribution < 1.29 is 52.0 Å². The van der Waals surface area contributed by atoms with Crippen molar-refractivity contribution in [3.63, 3.8) is 0 Å². The number of hydrogen-bond acceptors (Lipinski definition) is 10. The van der Waals surface area contributed by atoms with Crippen molar-refractivity contribution in [3.05, 3.63) is 0 Å². The number of hydroxylamine groups is 2. The lowest BCUT2D eigenvalue weighted by Gasteiger charge is -2.37. The summed E-state index contributed by atoms with van der Waals surface area (Å²) >= 11 is 0. The topological polar surface area (TPSA) is 141 Å². The number of carbonyl (C=O) groups excluding carboxylic acids is 2. The third kappa shape index (κ3) is 29.0. The first-order chi connectivity index (χ1) is 28.1. The van der Waals surface area contributed by atoms with Crippen molar-refractivity contribution in [1.82, 2.24) is 5.06 Å². The molecule has 0 amide bonds. The van der Waals surface area contributed by atoms with Crippen LogP contribution >= 0.6 is 7.82 Å². The van der Waals surface area contributed by atoms with Crippen LogP contribution in [0.5, 0.6) is 0 Å². The molecule has 1 aliphatic heterocycles. The molecule has 2 N–H and O–H groups in total. The van der Waals surface area contributed by atoms with Gasteiger partial charge in [0.05, 0.1) is 39.9 Å². The molecule has 0 aromatic heterocycles. The van der Waals surface area contributed by atoms with Crippen molar-refractivity contribution in [1.29, 1.82) is 0 Å². The van der Waals surface area contributed by atoms with Gasteiger partial charge in [-0.05, 0) is 52.4 Å². The second-order valence-electron chi connectivity index (χ2n) is 18.9. The summed E-state index contributed by atoms with van der Waals surface area (Å²) in [5.41, 5.74) is -0.935. The van der Waals surface area contributed by atoms with Crippen LogP contribution in [-0.4, -0.2) is 103 Å². The molecule has 59 heavy (non-hydrogen) atoms. The summed E-state index contributed by atoms with van der Waals surface area (Å²) in [5, 5.41) is 12.5. The van der Waals surface area contributed by atoms with Gasteiger partial charge in [-0.15, -0.1) is 0 Å². The lowest BCUT2D eigenvalue weighted by Crippen LogP contribution is -2.50. The summed E-state index contributed by atoms with van der Waals surface area (Å²) in [6.45, 7) is 8.92. The van der Waals surface area contributed by atoms with Gasteiger partial charge in [0.1, 0.15) is 25.5 Å². The minimum Gasteiger partial charge on any atom is -0.462 e. The average Bonchev–Trinajstić information content (AvgIpc) is 3.40. The Morgan fingerprint density at radius 2 is 1.08 bits per heavy atom. The number of ether oxygens (including phenoxy) is 3. The monoisotopic (exact) mass is 864 g/mol. The van der Waals surface area contributed by atoms with Gasteiger partial charge >= 0.3 is 19.8 Å². The zero-order valence-electron chi connectivity index (χ0n) is 39.1. The highest BCUT2D eigenvalue weighted by molar-refractivity contribution is 7.47. The molecular weight excluding hydrogens is 771 g/mol. The SMILES string of the molecule is CCCCCCCCCCCCCCCC(=O)OC[C@H](COP(=O)(O)OCC[N+](C)(C)C)OC(=O)CCCCCCCCCCC1(CCCCCC)OCC(C)(C)N1O. The molecule has 0 bridgehead atoms. The fourth-order valence-electron chi connectivity index (χ4n) is 7.58. The molecule has 350 valence electrons. The van der Waals surface area contributed by atoms with Gasteiger partial charge in [-0.25, -0.2) is 4.57 Å². The molecule has 1 aliphatic rings. The first kappa shape index (κ1) is 55.9. The molecule has 1 saturated heterocycles. The first-order valence-electron chi connectivity index (χ1n) is 24.0. The zero-order chi connectivity index (χ0) is 43.9. The van der Waals surface area contributed by atoms with Crippen molar-refractivity contribution in [2.24, 2.45) is 0 Å². The van der Waals surface area contributed by atoms with E-state index in [0.717, 1.165) is 89.9 Å². The predicted octanol–water partition coefficient (Wildman–Crippen LogP) is 11.8. The maximum atomic E-state index is 12.8. The number of esters is 2. The molecule has 1 fully saturated rings. The highest BCUT2D eigenvalue weighted by Crippen LogP contribution is 2.43. The third-order valence-corrected chi connectivity index (χ3v) is 12.4. The second-order valence-corrected chi connectivity index (χ2v) is 20.4. The van der Waals surface area contributed by atoms with Gasteiger partial charge in [0.15, 0.2) is 6.10 Å². The van der Waals surface area contributed by atoms with Gasteiger partial charge in [0.25, 0.3) is 0 Å². The van der Waals surface area contributed by atoms with Crippen LogP contribution in [0.2, 0.25) is 0 Å². The second kappa shape index (κ2) is 32.5. The van der Waals surface area contributed by atoms with Gasteiger partial charge < -0.3 is 28.8 Å². The maximum Gasteiger partial charge on any atom is 0.472 e. The maximum absolute atomic E-state index is 12.8. The summed E-state index contributed by atoms with van der Waals surface area (Å²) < 4.78 is 40.7. The van der Waals surface area contributed by atoms with Crippen LogP contribution in [0.3, 0.4) is 0 Å². The Labute approximate surface area is 361 Å². The molecule has 12 nitrogen and oxygen atoms in total. The number of likely N-dealkylation sites (N-methyl/N-ethyl adjacent to an activating group) is 1. The smallest absolute Gasteiger partial charge is 0.462 e. The van der Waals surface area contributed by atoms with Crippen LogP contribution in [0, 0.1) is 0 Å². The Kier molecular flexibility index (Phi) is 30.8. The number of unbranched alkanes of at least 4 members (excludes halogenated alkanes) is 22. The molecule has 0 radical (unpaired) electrons. The van der Waals surface area contributed by atoms with Gasteiger partial charge in [-0.2, -0.15) is 5.06 Å². The van der Waals surface area contributed by atoms with Gasteiger partial charge in [-0.3, -0.25) is 18.6 Å². The molecule has 0 saturated carbocycles. The van der Waals surface area contributed by atoms with E-state index in [0.29, 0.717) is 24.1 Å². The average molecular weight is 864 g/mol. The molecule has 13 heteroatoms. The Hall–Kier alpha value is -1.11. The van der Waals surface area contributed by atoms with Crippen molar-refractivity contribution in [3.8, 4) is 0 Å². The molecule has 0 aromatic rings. The minimum absolute atomic E-state index is 0.0195. The lowest BCUT2D eigenvalue weighted by atomic mass is 9.95. The Bertz CT molecular complexity index is 1120. The van der Waals surface area contributed by atoms with E-state index in [2.05, 4.69) is 13.8 Å². The molecule has 2 unspecified atom stereocenters. The first-order valence-corrected chi connectivity index (χ1v) is 25.5. The number of carbonyl (C=O) groups is 2. The van der Waals surface area contributed by atoms with E-state index in [1.807, 2.05) is 35.0 Å². The van der Waals surface area contributed by atoms with Gasteiger partial charge in [-0.1, -0.05) is 149 Å². The quantitative estimate of drug-likeness (QED) is 0.0263. The van der Waals surface area contributed by atoms with E-state index in [1.54, 1.807) is 0 Å². The van der Waals surface area contributed by atoms with E-state index in [-0.39, 0.29) is 37.6 Å². The summed E-state index contributed by atoms with van der Waals surface area (Å²) in [6, 6.07) is 0. The normalized spacial score (nSPS) is 18.5. The molecule has 3 atom stereocenters. The summed E-state index contributed by atoms with van der Waals surface area (Å²) in [7, 11) is 1.44. The van der Waals surface area contributed by atoms with E-state index >= 15 is 0 Å². The summed E-state index contributed by atoms with van der Waals surface area (Å²) in [6.07, 6.45) is 29.6. The number of quaternary nitrogens is 1. The number of phosphoric acid groups is 1. The Morgan fingerprint density at radius 3 is 1.53 bits per heavy atom. The van der Waals surface area contributed by atoms with Crippen LogP contribution in [0.1, 0.15) is 214 Å². The van der Waals surface area contributed by atoms with Crippen LogP contribution < -0.4 is 0 Å². The van der Waals surface area contributed by atoms with Crippen LogP contribution in [0.4, 0.5) is 0 Å². The highest BCUT2D eigenvalue weighted by atomic mass is 31.2. The largest absolute Gasteiger partial charge is 0.472 e. The van der Waals surface area contributed by atoms with Gasteiger partial charge in [0, 0.05) is 12.8 Å². The summed E-state index contributed by atoms with van der Waals surface area (Å²) in [4.78, 5) is 35.6. The summed E-state index contributed by atoms with van der Waals surface area (Å²) in [5.74, 6) is -0.836. The van der Waals surface area contributed by atoms with E-state index < -0.39 is 32.2 Å². The van der Waals surface area contributed by atoms with E-state index in [9.17, 15) is 24.3 Å². The number of rotatable bonds is 40. The fourth-order valence-corrected chi connectivity index (χ4v) is 8.32.